The first kappa shape index (κ1) is 26.4. The van der Waals surface area contributed by atoms with Crippen LogP contribution < -0.4 is 5.56 Å². The number of carbonyl (C=O) groups is 2. The van der Waals surface area contributed by atoms with E-state index >= 15 is 0 Å². The van der Waals surface area contributed by atoms with Crippen molar-refractivity contribution in [3.8, 4) is 11.9 Å². The third-order valence-corrected chi connectivity index (χ3v) is 7.23. The molecule has 9 heteroatoms. The molecule has 3 rings (SSSR count). The first-order valence-electron chi connectivity index (χ1n) is 11.4. The maximum atomic E-state index is 13.0. The number of thiocarbonyl (C=S) groups is 1. The fourth-order valence-electron chi connectivity index (χ4n) is 3.84. The summed E-state index contributed by atoms with van der Waals surface area (Å²) in [4.78, 5) is 40.4. The standard InChI is InChI=1S/C26H27N3O4S2/c1-4-5-12-28-23(31)19(15-27)17(3)22(25(28)33)20(30)7-6-13-29-24(32)21(35-26(29)34)14-18-10-8-16(2)9-11-18/h8-11,14,33H,4-7,12-13H2,1-3H3/b21-14-. The topological polar surface area (TPSA) is 103 Å². The van der Waals surface area contributed by atoms with Gasteiger partial charge in [-0.3, -0.25) is 23.9 Å². The van der Waals surface area contributed by atoms with E-state index in [1.54, 1.807) is 6.08 Å². The van der Waals surface area contributed by atoms with Crippen molar-refractivity contribution in [2.24, 2.45) is 0 Å². The number of hydrogen-bond donors (Lipinski definition) is 1. The highest BCUT2D eigenvalue weighted by atomic mass is 32.2. The highest BCUT2D eigenvalue weighted by Crippen LogP contribution is 2.33. The number of thioether (sulfide) groups is 1. The van der Waals surface area contributed by atoms with Crippen LogP contribution >= 0.6 is 24.0 Å². The molecule has 7 nitrogen and oxygen atoms in total. The molecule has 1 aromatic heterocycles. The number of aryl methyl sites for hydroxylation is 1. The van der Waals surface area contributed by atoms with Gasteiger partial charge in [-0.15, -0.1) is 0 Å². The number of benzene rings is 1. The number of Topliss-reactive ketones (excluding diaryl/α,β-unsaturated/α-hetero) is 1. The number of unbranched alkanes of at least 4 members (excludes halogenated alkanes) is 1. The molecule has 1 aromatic carbocycles. The molecule has 1 fully saturated rings. The number of hydrogen-bond acceptors (Lipinski definition) is 7. The van der Waals surface area contributed by atoms with E-state index in [0.29, 0.717) is 22.1 Å². The van der Waals surface area contributed by atoms with Gasteiger partial charge < -0.3 is 5.11 Å². The molecule has 0 bridgehead atoms. The van der Waals surface area contributed by atoms with E-state index in [2.05, 4.69) is 0 Å². The zero-order chi connectivity index (χ0) is 25.7. The van der Waals surface area contributed by atoms with Crippen LogP contribution in [0.25, 0.3) is 6.08 Å². The van der Waals surface area contributed by atoms with E-state index in [1.807, 2.05) is 44.2 Å². The lowest BCUT2D eigenvalue weighted by atomic mass is 9.99. The minimum Gasteiger partial charge on any atom is -0.494 e. The molecule has 0 aliphatic carbocycles. The predicted octanol–water partition coefficient (Wildman–Crippen LogP) is 4.71. The second-order valence-corrected chi connectivity index (χ2v) is 10.1. The molecule has 0 atom stereocenters. The van der Waals surface area contributed by atoms with Crippen molar-refractivity contribution in [3.05, 3.63) is 67.3 Å². The number of ketones is 1. The van der Waals surface area contributed by atoms with Gasteiger partial charge in [0.2, 0.25) is 5.88 Å². The van der Waals surface area contributed by atoms with E-state index in [4.69, 9.17) is 12.2 Å². The Labute approximate surface area is 214 Å². The zero-order valence-electron chi connectivity index (χ0n) is 20.0. The average molecular weight is 510 g/mol. The van der Waals surface area contributed by atoms with E-state index in [1.165, 1.54) is 23.6 Å². The van der Waals surface area contributed by atoms with Crippen molar-refractivity contribution in [2.45, 2.75) is 53.0 Å². The summed E-state index contributed by atoms with van der Waals surface area (Å²) in [5, 5.41) is 20.1. The second-order valence-electron chi connectivity index (χ2n) is 8.39. The number of aromatic hydroxyl groups is 1. The van der Waals surface area contributed by atoms with Crippen LogP contribution in [0.2, 0.25) is 0 Å². The molecule has 0 unspecified atom stereocenters. The number of rotatable bonds is 9. The maximum Gasteiger partial charge on any atom is 0.271 e. The molecule has 1 amide bonds. The van der Waals surface area contributed by atoms with Crippen LogP contribution in [0.1, 0.15) is 65.2 Å². The van der Waals surface area contributed by atoms with Gasteiger partial charge >= 0.3 is 0 Å². The van der Waals surface area contributed by atoms with E-state index in [0.717, 1.165) is 22.1 Å². The summed E-state index contributed by atoms with van der Waals surface area (Å²) in [5.74, 6) is -0.995. The molecule has 1 aliphatic rings. The molecule has 2 aromatic rings. The quantitative estimate of drug-likeness (QED) is 0.297. The number of aromatic nitrogens is 1. The van der Waals surface area contributed by atoms with E-state index in [9.17, 15) is 24.8 Å². The fourth-order valence-corrected chi connectivity index (χ4v) is 5.15. The van der Waals surface area contributed by atoms with Crippen LogP contribution in [-0.2, 0) is 11.3 Å². The normalized spacial score (nSPS) is 14.6. The summed E-state index contributed by atoms with van der Waals surface area (Å²) in [6, 6.07) is 9.68. The maximum absolute atomic E-state index is 13.0. The van der Waals surface area contributed by atoms with Gasteiger partial charge in [0.25, 0.3) is 11.5 Å². The zero-order valence-corrected chi connectivity index (χ0v) is 21.6. The van der Waals surface area contributed by atoms with Gasteiger partial charge in [-0.1, -0.05) is 67.2 Å². The number of carbonyl (C=O) groups excluding carboxylic acids is 2. The molecule has 1 aliphatic heterocycles. The summed E-state index contributed by atoms with van der Waals surface area (Å²) in [6.07, 6.45) is 3.55. The van der Waals surface area contributed by atoms with Crippen molar-refractivity contribution >= 4 is 46.1 Å². The summed E-state index contributed by atoms with van der Waals surface area (Å²) >= 11 is 6.61. The van der Waals surface area contributed by atoms with Crippen molar-refractivity contribution in [1.82, 2.24) is 9.47 Å². The molecular formula is C26H27N3O4S2. The van der Waals surface area contributed by atoms with Gasteiger partial charge in [0, 0.05) is 19.5 Å². The Kier molecular flexibility index (Phi) is 8.65. The summed E-state index contributed by atoms with van der Waals surface area (Å²) < 4.78 is 1.53. The van der Waals surface area contributed by atoms with Crippen molar-refractivity contribution in [3.63, 3.8) is 0 Å². The van der Waals surface area contributed by atoms with Crippen LogP contribution in [0.15, 0.2) is 34.0 Å². The SMILES string of the molecule is CCCCn1c(O)c(C(=O)CCCN2C(=O)/C(=C/c3ccc(C)cc3)SC2=S)c(C)c(C#N)c1=O. The Balaban J connectivity index is 1.73. The highest BCUT2D eigenvalue weighted by molar-refractivity contribution is 8.26. The second kappa shape index (κ2) is 11.5. The lowest BCUT2D eigenvalue weighted by Crippen LogP contribution is -2.29. The van der Waals surface area contributed by atoms with E-state index in [-0.39, 0.29) is 47.9 Å². The first-order valence-corrected chi connectivity index (χ1v) is 12.6. The Hall–Kier alpha value is -3.22. The van der Waals surface area contributed by atoms with Gasteiger partial charge in [0.1, 0.15) is 16.0 Å². The molecule has 182 valence electrons. The van der Waals surface area contributed by atoms with Crippen LogP contribution in [0.5, 0.6) is 5.88 Å². The number of amides is 1. The number of pyridine rings is 1. The third-order valence-electron chi connectivity index (χ3n) is 5.85. The van der Waals surface area contributed by atoms with Crippen molar-refractivity contribution in [2.75, 3.05) is 6.54 Å². The van der Waals surface area contributed by atoms with Crippen molar-refractivity contribution in [1.29, 1.82) is 5.26 Å². The smallest absolute Gasteiger partial charge is 0.271 e. The van der Waals surface area contributed by atoms with Crippen LogP contribution in [0.4, 0.5) is 0 Å². The highest BCUT2D eigenvalue weighted by Gasteiger charge is 2.32. The Morgan fingerprint density at radius 2 is 1.86 bits per heavy atom. The van der Waals surface area contributed by atoms with Crippen LogP contribution in [0.3, 0.4) is 0 Å². The summed E-state index contributed by atoms with van der Waals surface area (Å²) in [5.41, 5.74) is 1.47. The van der Waals surface area contributed by atoms with E-state index < -0.39 is 11.4 Å². The first-order chi connectivity index (χ1) is 16.7. The Morgan fingerprint density at radius 3 is 2.49 bits per heavy atom. The molecular weight excluding hydrogens is 482 g/mol. The van der Waals surface area contributed by atoms with Crippen molar-refractivity contribution < 1.29 is 14.7 Å². The average Bonchev–Trinajstić information content (AvgIpc) is 3.08. The monoisotopic (exact) mass is 509 g/mol. The van der Waals surface area contributed by atoms with Gasteiger partial charge in [-0.2, -0.15) is 5.26 Å². The summed E-state index contributed by atoms with van der Waals surface area (Å²) in [7, 11) is 0. The molecule has 35 heavy (non-hydrogen) atoms. The Bertz CT molecular complexity index is 1300. The number of nitriles is 1. The third kappa shape index (κ3) is 5.72. The number of nitrogens with zero attached hydrogens (tertiary/aromatic N) is 3. The summed E-state index contributed by atoms with van der Waals surface area (Å²) in [6.45, 7) is 5.90. The van der Waals surface area contributed by atoms with Gasteiger partial charge in [-0.05, 0) is 43.9 Å². The van der Waals surface area contributed by atoms with Crippen LogP contribution in [0, 0.1) is 25.2 Å². The van der Waals surface area contributed by atoms with Gasteiger partial charge in [-0.25, -0.2) is 0 Å². The molecule has 0 saturated carbocycles. The molecule has 2 heterocycles. The molecule has 1 saturated heterocycles. The Morgan fingerprint density at radius 1 is 1.17 bits per heavy atom. The molecule has 1 N–H and O–H groups in total. The largest absolute Gasteiger partial charge is 0.494 e. The van der Waals surface area contributed by atoms with Gasteiger partial charge in [0.15, 0.2) is 5.78 Å². The lowest BCUT2D eigenvalue weighted by molar-refractivity contribution is -0.122. The minimum atomic E-state index is -0.592. The predicted molar refractivity (Wildman–Crippen MR) is 141 cm³/mol. The minimum absolute atomic E-state index is 0.0121. The lowest BCUT2D eigenvalue weighted by Gasteiger charge is -2.16. The van der Waals surface area contributed by atoms with Crippen LogP contribution in [-0.4, -0.2) is 37.1 Å². The molecule has 0 spiro atoms. The molecule has 0 radical (unpaired) electrons. The van der Waals surface area contributed by atoms with Gasteiger partial charge in [0.05, 0.1) is 10.5 Å². The fraction of sp³-hybridized carbons (Fsp3) is 0.346.